The summed E-state index contributed by atoms with van der Waals surface area (Å²) in [4.78, 5) is 13.8. The Morgan fingerprint density at radius 1 is 1.44 bits per heavy atom. The largest absolute Gasteiger partial charge is 0.393 e. The van der Waals surface area contributed by atoms with Crippen LogP contribution in [0.25, 0.3) is 0 Å². The molecule has 1 N–H and O–H groups in total. The number of piperidine rings is 1. The number of likely N-dealkylation sites (tertiary alicyclic amines) is 1. The van der Waals surface area contributed by atoms with Crippen molar-refractivity contribution in [1.82, 2.24) is 4.90 Å². The van der Waals surface area contributed by atoms with Crippen molar-refractivity contribution in [2.75, 3.05) is 13.1 Å². The Hall–Kier alpha value is -1.42. The second kappa shape index (κ2) is 5.48. The smallest absolute Gasteiger partial charge is 0.227 e. The summed E-state index contributed by atoms with van der Waals surface area (Å²) in [7, 11) is 0. The molecule has 1 fully saturated rings. The quantitative estimate of drug-likeness (QED) is 0.867. The molecule has 1 aliphatic heterocycles. The van der Waals surface area contributed by atoms with Gasteiger partial charge in [-0.2, -0.15) is 0 Å². The van der Waals surface area contributed by atoms with Crippen LogP contribution in [0.5, 0.6) is 0 Å². The lowest BCUT2D eigenvalue weighted by Gasteiger charge is -2.34. The molecule has 0 aromatic heterocycles. The average molecular weight is 251 g/mol. The third kappa shape index (κ3) is 3.07. The van der Waals surface area contributed by atoms with E-state index >= 15 is 0 Å². The lowest BCUT2D eigenvalue weighted by molar-refractivity contribution is -0.133. The molecule has 0 bridgehead atoms. The fourth-order valence-electron chi connectivity index (χ4n) is 2.25. The summed E-state index contributed by atoms with van der Waals surface area (Å²) in [5.41, 5.74) is 0.820. The standard InChI is InChI=1S/C14H18FNO2/c1-10-9-16(7-6-13(10)17)14(18)8-11-2-4-12(15)5-3-11/h2-5,10,13,17H,6-9H2,1H3. The maximum absolute atomic E-state index is 12.7. The molecule has 2 unspecified atom stereocenters. The highest BCUT2D eigenvalue weighted by Crippen LogP contribution is 2.17. The van der Waals surface area contributed by atoms with Gasteiger partial charge in [-0.15, -0.1) is 0 Å². The molecule has 2 rings (SSSR count). The average Bonchev–Trinajstić information content (AvgIpc) is 2.35. The van der Waals surface area contributed by atoms with E-state index in [9.17, 15) is 14.3 Å². The molecule has 0 aliphatic carbocycles. The van der Waals surface area contributed by atoms with E-state index in [2.05, 4.69) is 0 Å². The maximum Gasteiger partial charge on any atom is 0.227 e. The van der Waals surface area contributed by atoms with Crippen LogP contribution in [-0.2, 0) is 11.2 Å². The molecule has 98 valence electrons. The molecule has 18 heavy (non-hydrogen) atoms. The van der Waals surface area contributed by atoms with Crippen LogP contribution in [0.4, 0.5) is 4.39 Å². The van der Waals surface area contributed by atoms with Crippen LogP contribution < -0.4 is 0 Å². The zero-order valence-electron chi connectivity index (χ0n) is 10.5. The van der Waals surface area contributed by atoms with Crippen molar-refractivity contribution < 1.29 is 14.3 Å². The Kier molecular flexibility index (Phi) is 3.97. The highest BCUT2D eigenvalue weighted by atomic mass is 19.1. The summed E-state index contributed by atoms with van der Waals surface area (Å²) in [6, 6.07) is 6.00. The topological polar surface area (TPSA) is 40.5 Å². The van der Waals surface area contributed by atoms with Gasteiger partial charge in [0.25, 0.3) is 0 Å². The second-order valence-corrected chi connectivity index (χ2v) is 4.98. The van der Waals surface area contributed by atoms with E-state index in [4.69, 9.17) is 0 Å². The minimum Gasteiger partial charge on any atom is -0.393 e. The number of hydrogen-bond donors (Lipinski definition) is 1. The molecular weight excluding hydrogens is 233 g/mol. The SMILES string of the molecule is CC1CN(C(=O)Cc2ccc(F)cc2)CCC1O. The van der Waals surface area contributed by atoms with Gasteiger partial charge in [0.05, 0.1) is 12.5 Å². The summed E-state index contributed by atoms with van der Waals surface area (Å²) in [5, 5.41) is 9.62. The lowest BCUT2D eigenvalue weighted by Crippen LogP contribution is -2.45. The molecule has 1 amide bonds. The number of nitrogens with zero attached hydrogens (tertiary/aromatic N) is 1. The first-order valence-corrected chi connectivity index (χ1v) is 6.26. The van der Waals surface area contributed by atoms with Crippen LogP contribution in [0.15, 0.2) is 24.3 Å². The van der Waals surface area contributed by atoms with Gasteiger partial charge in [0, 0.05) is 13.1 Å². The van der Waals surface area contributed by atoms with E-state index in [0.717, 1.165) is 5.56 Å². The molecule has 0 saturated carbocycles. The van der Waals surface area contributed by atoms with Crippen molar-refractivity contribution in [3.8, 4) is 0 Å². The van der Waals surface area contributed by atoms with Gasteiger partial charge in [0.2, 0.25) is 5.91 Å². The number of halogens is 1. The highest BCUT2D eigenvalue weighted by Gasteiger charge is 2.26. The number of carbonyl (C=O) groups excluding carboxylic acids is 1. The van der Waals surface area contributed by atoms with E-state index in [1.807, 2.05) is 6.92 Å². The van der Waals surface area contributed by atoms with Crippen molar-refractivity contribution in [3.05, 3.63) is 35.6 Å². The number of benzene rings is 1. The van der Waals surface area contributed by atoms with Crippen molar-refractivity contribution in [3.63, 3.8) is 0 Å². The maximum atomic E-state index is 12.7. The number of aliphatic hydroxyl groups excluding tert-OH is 1. The molecule has 4 heteroatoms. The summed E-state index contributed by atoms with van der Waals surface area (Å²) in [5.74, 6) is -0.128. The Morgan fingerprint density at radius 2 is 2.11 bits per heavy atom. The predicted molar refractivity (Wildman–Crippen MR) is 66.5 cm³/mol. The predicted octanol–water partition coefficient (Wildman–Crippen LogP) is 1.60. The number of hydrogen-bond acceptors (Lipinski definition) is 2. The van der Waals surface area contributed by atoms with Gasteiger partial charge >= 0.3 is 0 Å². The van der Waals surface area contributed by atoms with Gasteiger partial charge in [0.15, 0.2) is 0 Å². The third-order valence-electron chi connectivity index (χ3n) is 3.48. The number of aliphatic hydroxyl groups is 1. The lowest BCUT2D eigenvalue weighted by atomic mass is 9.96. The fourth-order valence-corrected chi connectivity index (χ4v) is 2.25. The van der Waals surface area contributed by atoms with E-state index in [0.29, 0.717) is 25.9 Å². The normalized spacial score (nSPS) is 24.1. The Bertz CT molecular complexity index is 418. The molecule has 1 saturated heterocycles. The summed E-state index contributed by atoms with van der Waals surface area (Å²) < 4.78 is 12.7. The molecule has 1 aromatic rings. The van der Waals surface area contributed by atoms with Crippen molar-refractivity contribution in [2.45, 2.75) is 25.9 Å². The minimum atomic E-state index is -0.306. The highest BCUT2D eigenvalue weighted by molar-refractivity contribution is 5.78. The van der Waals surface area contributed by atoms with Crippen LogP contribution in [0.2, 0.25) is 0 Å². The summed E-state index contributed by atoms with van der Waals surface area (Å²) in [6.45, 7) is 3.15. The van der Waals surface area contributed by atoms with E-state index in [1.54, 1.807) is 17.0 Å². The van der Waals surface area contributed by atoms with Gasteiger partial charge in [-0.25, -0.2) is 4.39 Å². The zero-order chi connectivity index (χ0) is 13.1. The van der Waals surface area contributed by atoms with Gasteiger partial charge in [-0.3, -0.25) is 4.79 Å². The van der Waals surface area contributed by atoms with Crippen LogP contribution in [-0.4, -0.2) is 35.1 Å². The van der Waals surface area contributed by atoms with Gasteiger partial charge in [-0.1, -0.05) is 19.1 Å². The first-order chi connectivity index (χ1) is 8.56. The Labute approximate surface area is 106 Å². The van der Waals surface area contributed by atoms with E-state index in [-0.39, 0.29) is 23.7 Å². The van der Waals surface area contributed by atoms with Crippen LogP contribution >= 0.6 is 0 Å². The van der Waals surface area contributed by atoms with Crippen LogP contribution in [0, 0.1) is 11.7 Å². The van der Waals surface area contributed by atoms with Crippen molar-refractivity contribution >= 4 is 5.91 Å². The van der Waals surface area contributed by atoms with E-state index in [1.165, 1.54) is 12.1 Å². The van der Waals surface area contributed by atoms with Gasteiger partial charge < -0.3 is 10.0 Å². The number of carbonyl (C=O) groups is 1. The fraction of sp³-hybridized carbons (Fsp3) is 0.500. The summed E-state index contributed by atoms with van der Waals surface area (Å²) in [6.07, 6.45) is 0.624. The monoisotopic (exact) mass is 251 g/mol. The third-order valence-corrected chi connectivity index (χ3v) is 3.48. The van der Waals surface area contributed by atoms with Gasteiger partial charge in [0.1, 0.15) is 5.82 Å². The molecule has 0 spiro atoms. The Balaban J connectivity index is 1.94. The molecule has 1 heterocycles. The van der Waals surface area contributed by atoms with E-state index < -0.39 is 0 Å². The first kappa shape index (κ1) is 13.0. The molecule has 3 nitrogen and oxygen atoms in total. The first-order valence-electron chi connectivity index (χ1n) is 6.26. The Morgan fingerprint density at radius 3 is 2.72 bits per heavy atom. The number of amides is 1. The molecular formula is C14H18FNO2. The molecule has 2 atom stereocenters. The molecule has 1 aliphatic rings. The van der Waals surface area contributed by atoms with Gasteiger partial charge in [-0.05, 0) is 30.0 Å². The molecule has 0 radical (unpaired) electrons. The van der Waals surface area contributed by atoms with Crippen molar-refractivity contribution in [2.24, 2.45) is 5.92 Å². The zero-order valence-corrected chi connectivity index (χ0v) is 10.5. The van der Waals surface area contributed by atoms with Crippen LogP contribution in [0.3, 0.4) is 0 Å². The minimum absolute atomic E-state index is 0.0420. The van der Waals surface area contributed by atoms with Crippen molar-refractivity contribution in [1.29, 1.82) is 0 Å². The summed E-state index contributed by atoms with van der Waals surface area (Å²) >= 11 is 0. The molecule has 1 aromatic carbocycles. The second-order valence-electron chi connectivity index (χ2n) is 4.98. The van der Waals surface area contributed by atoms with Crippen LogP contribution in [0.1, 0.15) is 18.9 Å². The number of rotatable bonds is 2.